The number of allylic oxidation sites excluding steroid dienone is 2. The largest absolute Gasteiger partial charge is 0.462 e. The van der Waals surface area contributed by atoms with E-state index >= 15 is 0 Å². The second kappa shape index (κ2) is 7.01. The Morgan fingerprint density at radius 1 is 1.26 bits per heavy atom. The molecule has 0 amide bonds. The highest BCUT2D eigenvalue weighted by Gasteiger charge is 2.46. The van der Waals surface area contributed by atoms with Crippen molar-refractivity contribution < 1.29 is 14.3 Å². The Kier molecular flexibility index (Phi) is 4.83. The first-order chi connectivity index (χ1) is 12.9. The molecule has 1 aliphatic heterocycles. The van der Waals surface area contributed by atoms with Gasteiger partial charge in [-0.2, -0.15) is 0 Å². The number of hydrogen-bond acceptors (Lipinski definition) is 5. The second-order valence-corrected chi connectivity index (χ2v) is 9.85. The second-order valence-electron chi connectivity index (χ2n) is 8.87. The number of carbonyl (C=O) groups excluding carboxylic acids is 2. The minimum atomic E-state index is -0.492. The molecule has 0 N–H and O–H groups in total. The Balaban J connectivity index is 1.74. The first-order valence-corrected chi connectivity index (χ1v) is 10.8. The zero-order valence-electron chi connectivity index (χ0n) is 16.3. The molecule has 2 heterocycles. The maximum atomic E-state index is 13.1. The van der Waals surface area contributed by atoms with Crippen molar-refractivity contribution in [3.05, 3.63) is 33.7 Å². The molecule has 2 aliphatic carbocycles. The molecule has 0 saturated heterocycles. The van der Waals surface area contributed by atoms with Gasteiger partial charge in [0.25, 0.3) is 0 Å². The molecule has 27 heavy (non-hydrogen) atoms. The maximum absolute atomic E-state index is 13.1. The van der Waals surface area contributed by atoms with Crippen molar-refractivity contribution in [1.29, 1.82) is 0 Å². The first kappa shape index (κ1) is 18.6. The molecule has 1 fully saturated rings. The number of esters is 1. The molecule has 1 aromatic heterocycles. The molecule has 1 saturated carbocycles. The molecule has 3 aliphatic rings. The van der Waals surface area contributed by atoms with Gasteiger partial charge in [-0.15, -0.1) is 11.3 Å². The Bertz CT molecular complexity index is 813. The Morgan fingerprint density at radius 3 is 2.67 bits per heavy atom. The number of nitrogens with zero attached hydrogens (tertiary/aromatic N) is 1. The summed E-state index contributed by atoms with van der Waals surface area (Å²) in [6.45, 7) is 6.14. The van der Waals surface area contributed by atoms with Crippen molar-refractivity contribution in [2.75, 3.05) is 0 Å². The number of aliphatic imine (C=N–C) groups is 1. The lowest BCUT2D eigenvalue weighted by Gasteiger charge is -2.38. The lowest BCUT2D eigenvalue weighted by Crippen LogP contribution is -2.40. The summed E-state index contributed by atoms with van der Waals surface area (Å²) in [6, 6.07) is 4.01. The fourth-order valence-corrected chi connectivity index (χ4v) is 5.64. The van der Waals surface area contributed by atoms with E-state index < -0.39 is 5.92 Å². The highest BCUT2D eigenvalue weighted by molar-refractivity contribution is 7.10. The summed E-state index contributed by atoms with van der Waals surface area (Å²) >= 11 is 1.60. The van der Waals surface area contributed by atoms with Crippen molar-refractivity contribution in [1.82, 2.24) is 0 Å². The number of carbonyl (C=O) groups is 2. The van der Waals surface area contributed by atoms with Crippen LogP contribution in [0.3, 0.4) is 0 Å². The van der Waals surface area contributed by atoms with Crippen LogP contribution in [0.25, 0.3) is 0 Å². The van der Waals surface area contributed by atoms with Gasteiger partial charge in [0.15, 0.2) is 5.78 Å². The number of Topliss-reactive ketones (excluding diaryl/α,β-unsaturated/α-hetero) is 1. The maximum Gasteiger partial charge on any atom is 0.315 e. The third kappa shape index (κ3) is 3.54. The molecule has 4 nitrogen and oxygen atoms in total. The van der Waals surface area contributed by atoms with Crippen LogP contribution in [0.4, 0.5) is 0 Å². The molecule has 1 aromatic rings. The molecule has 1 unspecified atom stereocenters. The number of thiophene rings is 1. The molecule has 0 aromatic carbocycles. The first-order valence-electron chi connectivity index (χ1n) is 9.91. The minimum absolute atomic E-state index is 0.0191. The number of ether oxygens (including phenoxy) is 1. The van der Waals surface area contributed by atoms with E-state index in [1.807, 2.05) is 24.4 Å². The standard InChI is InChI=1S/C22H27NO3S/c1-13-18(21(25)26-14-7-4-5-8-14)20(17-9-6-10-27-17)19-15(23-13)11-22(2,3)12-16(19)24/h6,9-10,14,18,20H,4-5,7-8,11-12H2,1-3H3/t18?,20-/m0/s1. The van der Waals surface area contributed by atoms with Gasteiger partial charge in [0, 0.05) is 34.2 Å². The van der Waals surface area contributed by atoms with Crippen LogP contribution in [0, 0.1) is 11.3 Å². The van der Waals surface area contributed by atoms with Gasteiger partial charge in [-0.05, 0) is 55.9 Å². The van der Waals surface area contributed by atoms with E-state index in [-0.39, 0.29) is 29.2 Å². The molecule has 0 spiro atoms. The van der Waals surface area contributed by atoms with E-state index in [0.29, 0.717) is 6.42 Å². The van der Waals surface area contributed by atoms with Crippen molar-refractivity contribution in [2.45, 2.75) is 71.3 Å². The van der Waals surface area contributed by atoms with E-state index in [1.54, 1.807) is 11.3 Å². The van der Waals surface area contributed by atoms with E-state index in [0.717, 1.165) is 54.0 Å². The quantitative estimate of drug-likeness (QED) is 0.684. The van der Waals surface area contributed by atoms with Gasteiger partial charge in [0.2, 0.25) is 0 Å². The molecule has 5 heteroatoms. The average molecular weight is 386 g/mol. The lowest BCUT2D eigenvalue weighted by molar-refractivity contribution is -0.151. The van der Waals surface area contributed by atoms with Gasteiger partial charge < -0.3 is 4.74 Å². The fourth-order valence-electron chi connectivity index (χ4n) is 4.77. The molecule has 0 radical (unpaired) electrons. The van der Waals surface area contributed by atoms with Gasteiger partial charge in [-0.25, -0.2) is 0 Å². The fraction of sp³-hybridized carbons (Fsp3) is 0.591. The number of hydrogen-bond donors (Lipinski definition) is 0. The minimum Gasteiger partial charge on any atom is -0.462 e. The summed E-state index contributed by atoms with van der Waals surface area (Å²) in [7, 11) is 0. The van der Waals surface area contributed by atoms with Crippen LogP contribution in [0.15, 0.2) is 33.8 Å². The van der Waals surface area contributed by atoms with Gasteiger partial charge in [-0.1, -0.05) is 19.9 Å². The van der Waals surface area contributed by atoms with Gasteiger partial charge >= 0.3 is 5.97 Å². The van der Waals surface area contributed by atoms with Crippen LogP contribution >= 0.6 is 11.3 Å². The summed E-state index contributed by atoms with van der Waals surface area (Å²) in [6.07, 6.45) is 5.42. The van der Waals surface area contributed by atoms with Crippen LogP contribution in [0.5, 0.6) is 0 Å². The molecular weight excluding hydrogens is 358 g/mol. The average Bonchev–Trinajstić information content (AvgIpc) is 3.25. The summed E-state index contributed by atoms with van der Waals surface area (Å²) < 4.78 is 5.86. The van der Waals surface area contributed by atoms with E-state index in [1.165, 1.54) is 0 Å². The zero-order valence-corrected chi connectivity index (χ0v) is 17.1. The normalized spacial score (nSPS) is 28.1. The number of rotatable bonds is 3. The number of ketones is 1. The van der Waals surface area contributed by atoms with Crippen molar-refractivity contribution in [3.8, 4) is 0 Å². The molecule has 4 rings (SSSR count). The predicted octanol–water partition coefficient (Wildman–Crippen LogP) is 5.05. The highest BCUT2D eigenvalue weighted by atomic mass is 32.1. The smallest absolute Gasteiger partial charge is 0.315 e. The molecular formula is C22H27NO3S. The van der Waals surface area contributed by atoms with Crippen LogP contribution in [-0.2, 0) is 14.3 Å². The van der Waals surface area contributed by atoms with Crippen LogP contribution in [0.1, 0.15) is 70.1 Å². The van der Waals surface area contributed by atoms with E-state index in [4.69, 9.17) is 9.73 Å². The highest BCUT2D eigenvalue weighted by Crippen LogP contribution is 2.48. The van der Waals surface area contributed by atoms with Gasteiger partial charge in [0.05, 0.1) is 0 Å². The van der Waals surface area contributed by atoms with Crippen molar-refractivity contribution in [2.24, 2.45) is 16.3 Å². The van der Waals surface area contributed by atoms with Crippen LogP contribution in [0.2, 0.25) is 0 Å². The van der Waals surface area contributed by atoms with E-state index in [9.17, 15) is 9.59 Å². The summed E-state index contributed by atoms with van der Waals surface area (Å²) in [5, 5.41) is 2.01. The summed E-state index contributed by atoms with van der Waals surface area (Å²) in [4.78, 5) is 32.1. The monoisotopic (exact) mass is 385 g/mol. The van der Waals surface area contributed by atoms with Crippen molar-refractivity contribution >= 4 is 28.8 Å². The summed E-state index contributed by atoms with van der Waals surface area (Å²) in [5.41, 5.74) is 2.31. The Morgan fingerprint density at radius 2 is 2.00 bits per heavy atom. The van der Waals surface area contributed by atoms with Gasteiger partial charge in [0.1, 0.15) is 12.0 Å². The summed E-state index contributed by atoms with van der Waals surface area (Å²) in [5.74, 6) is -0.830. The van der Waals surface area contributed by atoms with Crippen LogP contribution < -0.4 is 0 Å². The predicted molar refractivity (Wildman–Crippen MR) is 107 cm³/mol. The topological polar surface area (TPSA) is 55.7 Å². The Labute approximate surface area is 164 Å². The van der Waals surface area contributed by atoms with E-state index in [2.05, 4.69) is 13.8 Å². The zero-order chi connectivity index (χ0) is 19.2. The third-order valence-corrected chi connectivity index (χ3v) is 6.95. The van der Waals surface area contributed by atoms with Crippen molar-refractivity contribution in [3.63, 3.8) is 0 Å². The van der Waals surface area contributed by atoms with Gasteiger partial charge in [-0.3, -0.25) is 14.6 Å². The molecule has 0 bridgehead atoms. The van der Waals surface area contributed by atoms with Crippen LogP contribution in [-0.4, -0.2) is 23.6 Å². The third-order valence-electron chi connectivity index (χ3n) is 5.99. The molecule has 2 atom stereocenters. The molecule has 144 valence electrons. The Hall–Kier alpha value is -1.75. The SMILES string of the molecule is CC1=NC2=C(C(=O)CC(C)(C)C2)[C@@H](c2cccs2)C1C(=O)OC1CCCC1. The lowest BCUT2D eigenvalue weighted by atomic mass is 9.68.